The first-order valence-electron chi connectivity index (χ1n) is 11.9. The quantitative estimate of drug-likeness (QED) is 0.694. The summed E-state index contributed by atoms with van der Waals surface area (Å²) in [5.41, 5.74) is 1.23. The molecule has 1 N–H and O–H groups in total. The lowest BCUT2D eigenvalue weighted by Gasteiger charge is -2.36. The Kier molecular flexibility index (Phi) is 7.31. The maximum Gasteiger partial charge on any atom is 0.417 e. The summed E-state index contributed by atoms with van der Waals surface area (Å²) in [6.07, 6.45) is -0.881. The van der Waals surface area contributed by atoms with E-state index in [-0.39, 0.29) is 17.7 Å². The molecule has 0 radical (unpaired) electrons. The van der Waals surface area contributed by atoms with Gasteiger partial charge < -0.3 is 10.2 Å². The Morgan fingerprint density at radius 1 is 1.20 bits per heavy atom. The van der Waals surface area contributed by atoms with Gasteiger partial charge in [-0.1, -0.05) is 6.07 Å². The average Bonchev–Trinajstić information content (AvgIpc) is 3.30. The number of nitrogens with zero attached hydrogens (tertiary/aromatic N) is 4. The summed E-state index contributed by atoms with van der Waals surface area (Å²) in [6, 6.07) is 9.55. The lowest BCUT2D eigenvalue weighted by molar-refractivity contribution is -0.137. The zero-order valence-electron chi connectivity index (χ0n) is 20.0. The number of aromatic nitrogens is 1. The molecule has 0 unspecified atom stereocenters. The van der Waals surface area contributed by atoms with Crippen molar-refractivity contribution >= 4 is 11.6 Å². The molecule has 1 amide bonds. The van der Waals surface area contributed by atoms with Crippen molar-refractivity contribution in [1.29, 1.82) is 5.26 Å². The fraction of sp³-hybridized carbons (Fsp3) is 0.500. The lowest BCUT2D eigenvalue weighted by Crippen LogP contribution is -2.40. The van der Waals surface area contributed by atoms with Crippen molar-refractivity contribution in [1.82, 2.24) is 15.2 Å². The summed E-state index contributed by atoms with van der Waals surface area (Å²) in [6.45, 7) is 5.47. The molecule has 3 heterocycles. The number of nitriles is 1. The van der Waals surface area contributed by atoms with Crippen LogP contribution in [0.1, 0.15) is 35.2 Å². The van der Waals surface area contributed by atoms with Gasteiger partial charge in [0.2, 0.25) is 5.91 Å². The van der Waals surface area contributed by atoms with Gasteiger partial charge in [-0.05, 0) is 74.5 Å². The van der Waals surface area contributed by atoms with Crippen LogP contribution in [0.4, 0.5) is 18.9 Å². The van der Waals surface area contributed by atoms with Crippen molar-refractivity contribution in [2.75, 3.05) is 38.1 Å². The maximum absolute atomic E-state index is 13.5. The SMILES string of the molecule is CNC(=O)[C@@H]1CN(c2ccc(C#N)c(C(F)(F)F)c2)C[C@H]1C1CCN(Cc2ccc(C)cn2)CC1. The van der Waals surface area contributed by atoms with Crippen molar-refractivity contribution in [3.05, 3.63) is 58.9 Å². The Labute approximate surface area is 203 Å². The molecule has 2 saturated heterocycles. The van der Waals surface area contributed by atoms with Gasteiger partial charge in [-0.25, -0.2) is 0 Å². The number of carbonyl (C=O) groups excluding carboxylic acids is 1. The van der Waals surface area contributed by atoms with Crippen LogP contribution < -0.4 is 10.2 Å². The highest BCUT2D eigenvalue weighted by atomic mass is 19.4. The minimum absolute atomic E-state index is 0.0552. The number of alkyl halides is 3. The van der Waals surface area contributed by atoms with Crippen LogP contribution in [0.2, 0.25) is 0 Å². The molecule has 2 aromatic rings. The average molecular weight is 486 g/mol. The third-order valence-corrected chi connectivity index (χ3v) is 7.34. The minimum Gasteiger partial charge on any atom is -0.370 e. The Morgan fingerprint density at radius 3 is 2.54 bits per heavy atom. The third-order valence-electron chi connectivity index (χ3n) is 7.34. The number of halogens is 3. The zero-order valence-corrected chi connectivity index (χ0v) is 20.0. The molecule has 9 heteroatoms. The maximum atomic E-state index is 13.5. The van der Waals surface area contributed by atoms with Crippen LogP contribution >= 0.6 is 0 Å². The van der Waals surface area contributed by atoms with E-state index in [9.17, 15) is 18.0 Å². The monoisotopic (exact) mass is 485 g/mol. The molecular weight excluding hydrogens is 455 g/mol. The number of anilines is 1. The van der Waals surface area contributed by atoms with E-state index in [1.54, 1.807) is 19.2 Å². The van der Waals surface area contributed by atoms with Crippen LogP contribution in [-0.2, 0) is 17.5 Å². The van der Waals surface area contributed by atoms with Gasteiger partial charge in [0.1, 0.15) is 0 Å². The van der Waals surface area contributed by atoms with Gasteiger partial charge in [-0.2, -0.15) is 18.4 Å². The molecule has 4 rings (SSSR count). The predicted octanol–water partition coefficient (Wildman–Crippen LogP) is 3.99. The molecule has 35 heavy (non-hydrogen) atoms. The van der Waals surface area contributed by atoms with Crippen LogP contribution in [0.5, 0.6) is 0 Å². The summed E-state index contributed by atoms with van der Waals surface area (Å²) < 4.78 is 40.5. The molecular formula is C26H30F3N5O. The Bertz CT molecular complexity index is 1090. The molecule has 0 aliphatic carbocycles. The third kappa shape index (κ3) is 5.59. The van der Waals surface area contributed by atoms with Gasteiger partial charge in [-0.15, -0.1) is 0 Å². The number of hydrogen-bond acceptors (Lipinski definition) is 5. The highest BCUT2D eigenvalue weighted by Gasteiger charge is 2.43. The van der Waals surface area contributed by atoms with Crippen molar-refractivity contribution in [3.63, 3.8) is 0 Å². The fourth-order valence-corrected chi connectivity index (χ4v) is 5.40. The normalized spacial score (nSPS) is 21.7. The smallest absolute Gasteiger partial charge is 0.370 e. The summed E-state index contributed by atoms with van der Waals surface area (Å²) in [7, 11) is 1.60. The van der Waals surface area contributed by atoms with Gasteiger partial charge in [0.05, 0.1) is 28.8 Å². The number of amides is 1. The summed E-state index contributed by atoms with van der Waals surface area (Å²) in [4.78, 5) is 21.4. The van der Waals surface area contributed by atoms with Crippen LogP contribution in [0.3, 0.4) is 0 Å². The van der Waals surface area contributed by atoms with Gasteiger partial charge in [0, 0.05) is 38.6 Å². The number of benzene rings is 1. The zero-order chi connectivity index (χ0) is 25.2. The first-order chi connectivity index (χ1) is 16.7. The second-order valence-electron chi connectivity index (χ2n) is 9.57. The molecule has 2 atom stereocenters. The second kappa shape index (κ2) is 10.2. The molecule has 0 saturated carbocycles. The summed E-state index contributed by atoms with van der Waals surface area (Å²) >= 11 is 0. The van der Waals surface area contributed by atoms with E-state index >= 15 is 0 Å². The Hall–Kier alpha value is -3.12. The first-order valence-corrected chi connectivity index (χ1v) is 11.9. The molecule has 1 aromatic carbocycles. The molecule has 2 fully saturated rings. The highest BCUT2D eigenvalue weighted by Crippen LogP contribution is 2.40. The predicted molar refractivity (Wildman–Crippen MR) is 126 cm³/mol. The van der Waals surface area contributed by atoms with E-state index in [1.807, 2.05) is 24.1 Å². The Balaban J connectivity index is 1.47. The second-order valence-corrected chi connectivity index (χ2v) is 9.57. The van der Waals surface area contributed by atoms with Crippen molar-refractivity contribution in [2.24, 2.45) is 17.8 Å². The van der Waals surface area contributed by atoms with E-state index < -0.39 is 17.3 Å². The number of aryl methyl sites for hydroxylation is 1. The van der Waals surface area contributed by atoms with Crippen molar-refractivity contribution in [3.8, 4) is 6.07 Å². The topological polar surface area (TPSA) is 72.3 Å². The molecule has 1 aromatic heterocycles. The number of nitrogens with one attached hydrogen (secondary N) is 1. The molecule has 186 valence electrons. The Morgan fingerprint density at radius 2 is 1.94 bits per heavy atom. The van der Waals surface area contributed by atoms with Crippen LogP contribution in [0.25, 0.3) is 0 Å². The van der Waals surface area contributed by atoms with Crippen LogP contribution in [0.15, 0.2) is 36.5 Å². The van der Waals surface area contributed by atoms with E-state index in [0.717, 1.165) is 49.8 Å². The van der Waals surface area contributed by atoms with Crippen LogP contribution in [-0.4, -0.2) is 49.0 Å². The van der Waals surface area contributed by atoms with Gasteiger partial charge >= 0.3 is 6.18 Å². The minimum atomic E-state index is -4.61. The molecule has 2 aliphatic heterocycles. The van der Waals surface area contributed by atoms with Gasteiger partial charge in [-0.3, -0.25) is 14.7 Å². The number of rotatable bonds is 5. The number of pyridine rings is 1. The van der Waals surface area contributed by atoms with Crippen molar-refractivity contribution in [2.45, 2.75) is 32.5 Å². The van der Waals surface area contributed by atoms with E-state index in [1.165, 1.54) is 6.07 Å². The number of likely N-dealkylation sites (tertiary alicyclic amines) is 1. The summed E-state index contributed by atoms with van der Waals surface area (Å²) in [5.74, 6) is -0.00153. The fourth-order valence-electron chi connectivity index (χ4n) is 5.40. The number of piperidine rings is 1. The number of carbonyl (C=O) groups is 1. The lowest BCUT2D eigenvalue weighted by atomic mass is 9.78. The first kappa shape index (κ1) is 25.0. The van der Waals surface area contributed by atoms with E-state index in [2.05, 4.69) is 21.3 Å². The summed E-state index contributed by atoms with van der Waals surface area (Å²) in [5, 5.41) is 11.8. The van der Waals surface area contributed by atoms with Gasteiger partial charge in [0.25, 0.3) is 0 Å². The number of hydrogen-bond donors (Lipinski definition) is 1. The highest BCUT2D eigenvalue weighted by molar-refractivity contribution is 5.80. The van der Waals surface area contributed by atoms with Gasteiger partial charge in [0.15, 0.2) is 0 Å². The standard InChI is InChI=1S/C26H30F3N5O/c1-17-3-5-20(32-13-17)14-33-9-7-18(8-10-33)22-15-34(16-23(22)25(35)31-2)21-6-4-19(12-30)24(11-21)26(27,28)29/h3-6,11,13,18,22-23H,7-10,14-16H2,1-2H3,(H,31,35)/t22-,23+/m0/s1. The van der Waals surface area contributed by atoms with Crippen molar-refractivity contribution < 1.29 is 18.0 Å². The molecule has 6 nitrogen and oxygen atoms in total. The largest absolute Gasteiger partial charge is 0.417 e. The van der Waals surface area contributed by atoms with Crippen LogP contribution in [0, 0.1) is 36.0 Å². The van der Waals surface area contributed by atoms with E-state index in [4.69, 9.17) is 5.26 Å². The molecule has 2 aliphatic rings. The molecule has 0 spiro atoms. The molecule has 0 bridgehead atoms. The van der Waals surface area contributed by atoms with E-state index in [0.29, 0.717) is 24.7 Å².